The van der Waals surface area contributed by atoms with Gasteiger partial charge in [0.25, 0.3) is 5.91 Å². The van der Waals surface area contributed by atoms with Crippen molar-refractivity contribution in [1.29, 1.82) is 0 Å². The Labute approximate surface area is 156 Å². The maximum absolute atomic E-state index is 14.5. The summed E-state index contributed by atoms with van der Waals surface area (Å²) in [5.74, 6) is 5.78. The Balaban J connectivity index is 1.69. The minimum absolute atomic E-state index is 0.230. The standard InChI is InChI=1S/C20H19FN4O2/c1-13-12-22-18(23-13)11-15-19-14(3-2-6-25-7-9-27-10-8-25)16(21)4-5-17(19)24-20(15)26/h4-5,11-12H,6-10H2,1H3,(H,22,23)(H,24,26). The first-order valence-electron chi connectivity index (χ1n) is 8.78. The molecule has 138 valence electrons. The highest BCUT2D eigenvalue weighted by Gasteiger charge is 2.28. The van der Waals surface area contributed by atoms with Crippen molar-refractivity contribution < 1.29 is 13.9 Å². The monoisotopic (exact) mass is 366 g/mol. The predicted molar refractivity (Wildman–Crippen MR) is 100 cm³/mol. The van der Waals surface area contributed by atoms with E-state index < -0.39 is 5.82 Å². The lowest BCUT2D eigenvalue weighted by Gasteiger charge is -2.24. The summed E-state index contributed by atoms with van der Waals surface area (Å²) in [5.41, 5.74) is 2.52. The van der Waals surface area contributed by atoms with E-state index in [1.165, 1.54) is 6.07 Å². The third-order valence-electron chi connectivity index (χ3n) is 4.54. The maximum Gasteiger partial charge on any atom is 0.256 e. The largest absolute Gasteiger partial charge is 0.379 e. The number of imidazole rings is 1. The molecule has 0 radical (unpaired) electrons. The Morgan fingerprint density at radius 3 is 2.93 bits per heavy atom. The number of nitrogens with one attached hydrogen (secondary N) is 2. The Morgan fingerprint density at radius 2 is 2.19 bits per heavy atom. The Hall–Kier alpha value is -2.95. The van der Waals surface area contributed by atoms with Crippen LogP contribution in [0.4, 0.5) is 10.1 Å². The quantitative estimate of drug-likeness (QED) is 0.630. The molecule has 0 unspecified atom stereocenters. The number of aromatic amines is 1. The van der Waals surface area contributed by atoms with Crippen LogP contribution < -0.4 is 5.32 Å². The van der Waals surface area contributed by atoms with Crippen LogP contribution in [0.1, 0.15) is 22.6 Å². The number of carbonyl (C=O) groups is 1. The van der Waals surface area contributed by atoms with E-state index >= 15 is 0 Å². The highest BCUT2D eigenvalue weighted by Crippen LogP contribution is 2.36. The number of carbonyl (C=O) groups excluding carboxylic acids is 1. The smallest absolute Gasteiger partial charge is 0.256 e. The summed E-state index contributed by atoms with van der Waals surface area (Å²) in [4.78, 5) is 21.8. The summed E-state index contributed by atoms with van der Waals surface area (Å²) in [6.45, 7) is 5.40. The minimum Gasteiger partial charge on any atom is -0.379 e. The van der Waals surface area contributed by atoms with Crippen molar-refractivity contribution in [1.82, 2.24) is 14.9 Å². The van der Waals surface area contributed by atoms with Crippen LogP contribution in [0.5, 0.6) is 0 Å². The molecule has 2 aromatic rings. The molecule has 2 aliphatic rings. The van der Waals surface area contributed by atoms with Gasteiger partial charge in [0.05, 0.1) is 36.6 Å². The average Bonchev–Trinajstić information content (AvgIpc) is 3.21. The molecule has 1 aromatic heterocycles. The van der Waals surface area contributed by atoms with E-state index in [0.29, 0.717) is 42.4 Å². The van der Waals surface area contributed by atoms with E-state index in [9.17, 15) is 9.18 Å². The average molecular weight is 366 g/mol. The van der Waals surface area contributed by atoms with Gasteiger partial charge in [0.2, 0.25) is 0 Å². The lowest BCUT2D eigenvalue weighted by atomic mass is 9.99. The molecule has 0 saturated carbocycles. The molecule has 2 N–H and O–H groups in total. The summed E-state index contributed by atoms with van der Waals surface area (Å²) in [6, 6.07) is 2.89. The number of hydrogen-bond donors (Lipinski definition) is 2. The Morgan fingerprint density at radius 1 is 1.37 bits per heavy atom. The van der Waals surface area contributed by atoms with Gasteiger partial charge in [-0.3, -0.25) is 9.69 Å². The molecule has 0 atom stereocenters. The van der Waals surface area contributed by atoms with E-state index in [1.807, 2.05) is 6.92 Å². The molecule has 7 heteroatoms. The molecule has 0 spiro atoms. The van der Waals surface area contributed by atoms with E-state index in [2.05, 4.69) is 32.0 Å². The Kier molecular flexibility index (Phi) is 4.75. The van der Waals surface area contributed by atoms with E-state index in [-0.39, 0.29) is 11.5 Å². The van der Waals surface area contributed by atoms with Crippen LogP contribution in [0.2, 0.25) is 0 Å². The second kappa shape index (κ2) is 7.35. The second-order valence-electron chi connectivity index (χ2n) is 6.50. The van der Waals surface area contributed by atoms with Crippen LogP contribution in [-0.4, -0.2) is 53.6 Å². The maximum atomic E-state index is 14.5. The van der Waals surface area contributed by atoms with Gasteiger partial charge in [-0.25, -0.2) is 9.37 Å². The number of aryl methyl sites for hydroxylation is 1. The molecule has 4 rings (SSSR count). The molecule has 1 amide bonds. The SMILES string of the molecule is Cc1cnc(C=C2C(=O)Nc3ccc(F)c(C#CCN4CCOCC4)c32)[nH]1. The summed E-state index contributed by atoms with van der Waals surface area (Å²) >= 11 is 0. The van der Waals surface area contributed by atoms with Gasteiger partial charge in [0.1, 0.15) is 11.6 Å². The van der Waals surface area contributed by atoms with Crippen molar-refractivity contribution in [3.05, 3.63) is 46.8 Å². The molecule has 6 nitrogen and oxygen atoms in total. The number of morpholine rings is 1. The number of H-pyrrole nitrogens is 1. The molecule has 0 aliphatic carbocycles. The topological polar surface area (TPSA) is 70.2 Å². The van der Waals surface area contributed by atoms with E-state index in [4.69, 9.17) is 4.74 Å². The minimum atomic E-state index is -0.443. The van der Waals surface area contributed by atoms with Gasteiger partial charge < -0.3 is 15.0 Å². The number of rotatable bonds is 2. The zero-order chi connectivity index (χ0) is 18.8. The first-order chi connectivity index (χ1) is 13.1. The number of aromatic nitrogens is 2. The number of benzene rings is 1. The fourth-order valence-corrected chi connectivity index (χ4v) is 3.17. The van der Waals surface area contributed by atoms with Gasteiger partial charge in [-0.2, -0.15) is 0 Å². The van der Waals surface area contributed by atoms with Crippen molar-refractivity contribution in [2.24, 2.45) is 0 Å². The number of nitrogens with zero attached hydrogens (tertiary/aromatic N) is 2. The molecule has 0 bridgehead atoms. The number of halogens is 1. The van der Waals surface area contributed by atoms with Crippen LogP contribution in [0.3, 0.4) is 0 Å². The lowest BCUT2D eigenvalue weighted by molar-refractivity contribution is -0.110. The second-order valence-corrected chi connectivity index (χ2v) is 6.50. The van der Waals surface area contributed by atoms with Crippen LogP contribution in [0.15, 0.2) is 18.3 Å². The fraction of sp³-hybridized carbons (Fsp3) is 0.300. The van der Waals surface area contributed by atoms with Crippen molar-refractivity contribution in [2.75, 3.05) is 38.2 Å². The van der Waals surface area contributed by atoms with Crippen molar-refractivity contribution in [2.45, 2.75) is 6.92 Å². The fourth-order valence-electron chi connectivity index (χ4n) is 3.17. The number of anilines is 1. The van der Waals surface area contributed by atoms with Gasteiger partial charge in [0, 0.05) is 30.5 Å². The van der Waals surface area contributed by atoms with Crippen molar-refractivity contribution in [3.63, 3.8) is 0 Å². The van der Waals surface area contributed by atoms with E-state index in [1.54, 1.807) is 18.3 Å². The van der Waals surface area contributed by atoms with Crippen LogP contribution in [0.25, 0.3) is 11.6 Å². The normalized spacial score (nSPS) is 18.1. The highest BCUT2D eigenvalue weighted by molar-refractivity contribution is 6.35. The molecule has 1 aromatic carbocycles. The molecular formula is C20H19FN4O2. The third kappa shape index (κ3) is 3.63. The van der Waals surface area contributed by atoms with Crippen LogP contribution >= 0.6 is 0 Å². The van der Waals surface area contributed by atoms with Gasteiger partial charge in [-0.15, -0.1) is 0 Å². The lowest BCUT2D eigenvalue weighted by Crippen LogP contribution is -2.36. The first kappa shape index (κ1) is 17.5. The predicted octanol–water partition coefficient (Wildman–Crippen LogP) is 2.03. The number of ether oxygens (including phenoxy) is 1. The first-order valence-corrected chi connectivity index (χ1v) is 8.78. The van der Waals surface area contributed by atoms with Gasteiger partial charge in [0.15, 0.2) is 0 Å². The van der Waals surface area contributed by atoms with Crippen molar-refractivity contribution >= 4 is 23.2 Å². The summed E-state index contributed by atoms with van der Waals surface area (Å²) < 4.78 is 19.8. The molecular weight excluding hydrogens is 347 g/mol. The summed E-state index contributed by atoms with van der Waals surface area (Å²) in [7, 11) is 0. The molecule has 1 fully saturated rings. The van der Waals surface area contributed by atoms with Crippen molar-refractivity contribution in [3.8, 4) is 11.8 Å². The number of hydrogen-bond acceptors (Lipinski definition) is 4. The van der Waals surface area contributed by atoms with Gasteiger partial charge in [-0.1, -0.05) is 11.8 Å². The molecule has 3 heterocycles. The zero-order valence-electron chi connectivity index (χ0n) is 14.9. The zero-order valence-corrected chi connectivity index (χ0v) is 14.9. The van der Waals surface area contributed by atoms with Gasteiger partial charge in [-0.05, 0) is 25.1 Å². The highest BCUT2D eigenvalue weighted by atomic mass is 19.1. The van der Waals surface area contributed by atoms with E-state index in [0.717, 1.165) is 18.8 Å². The number of fused-ring (bicyclic) bond motifs is 1. The number of amides is 1. The van der Waals surface area contributed by atoms with Crippen LogP contribution in [0, 0.1) is 24.6 Å². The summed E-state index contributed by atoms with van der Waals surface area (Å²) in [6.07, 6.45) is 3.30. The van der Waals surface area contributed by atoms with Gasteiger partial charge >= 0.3 is 0 Å². The molecule has 2 aliphatic heterocycles. The molecule has 27 heavy (non-hydrogen) atoms. The van der Waals surface area contributed by atoms with Crippen LogP contribution in [-0.2, 0) is 9.53 Å². The molecule has 1 saturated heterocycles. The summed E-state index contributed by atoms with van der Waals surface area (Å²) in [5, 5.41) is 2.77. The third-order valence-corrected chi connectivity index (χ3v) is 4.54. The Bertz CT molecular complexity index is 978.